The van der Waals surface area contributed by atoms with Crippen molar-refractivity contribution in [1.29, 1.82) is 0 Å². The molecule has 0 radical (unpaired) electrons. The lowest BCUT2D eigenvalue weighted by atomic mass is 10.1. The van der Waals surface area contributed by atoms with Gasteiger partial charge in [-0.2, -0.15) is 0 Å². The fourth-order valence-electron chi connectivity index (χ4n) is 3.33. The van der Waals surface area contributed by atoms with Crippen LogP contribution in [0.4, 0.5) is 5.69 Å². The number of benzene rings is 1. The second-order valence-electron chi connectivity index (χ2n) is 9.09. The minimum atomic E-state index is -3.57. The molecule has 0 spiro atoms. The van der Waals surface area contributed by atoms with Crippen LogP contribution < -0.4 is 10.6 Å². The zero-order valence-electron chi connectivity index (χ0n) is 19.3. The van der Waals surface area contributed by atoms with Gasteiger partial charge in [0.25, 0.3) is 0 Å². The van der Waals surface area contributed by atoms with Crippen LogP contribution in [0.5, 0.6) is 0 Å². The smallest absolute Gasteiger partial charge is 0.242 e. The largest absolute Gasteiger partial charge is 0.350 e. The Bertz CT molecular complexity index is 887. The summed E-state index contributed by atoms with van der Waals surface area (Å²) in [4.78, 5) is 29.1. The molecule has 1 heterocycles. The number of nitrogens with zero attached hydrogens (tertiary/aromatic N) is 3. The fraction of sp³-hybridized carbons (Fsp3) is 0.619. The van der Waals surface area contributed by atoms with Crippen molar-refractivity contribution in [3.8, 4) is 0 Å². The molecule has 1 saturated heterocycles. The number of hydrogen-bond acceptors (Lipinski definition) is 6. The quantitative estimate of drug-likeness (QED) is 0.633. The van der Waals surface area contributed by atoms with Gasteiger partial charge in [0.2, 0.25) is 21.8 Å². The maximum Gasteiger partial charge on any atom is 0.242 e. The topological polar surface area (TPSA) is 102 Å². The molecular formula is C21H35N5O4S. The van der Waals surface area contributed by atoms with Gasteiger partial charge in [0.05, 0.1) is 17.5 Å². The average molecular weight is 454 g/mol. The molecule has 2 amide bonds. The van der Waals surface area contributed by atoms with Crippen LogP contribution in [0.3, 0.4) is 0 Å². The summed E-state index contributed by atoms with van der Waals surface area (Å²) < 4.78 is 25.8. The third kappa shape index (κ3) is 7.27. The summed E-state index contributed by atoms with van der Waals surface area (Å²) in [5.41, 5.74) is 0.187. The van der Waals surface area contributed by atoms with Gasteiger partial charge in [-0.3, -0.25) is 19.4 Å². The van der Waals surface area contributed by atoms with Crippen molar-refractivity contribution >= 4 is 27.5 Å². The third-order valence-electron chi connectivity index (χ3n) is 5.10. The van der Waals surface area contributed by atoms with Gasteiger partial charge in [-0.15, -0.1) is 0 Å². The summed E-state index contributed by atoms with van der Waals surface area (Å²) in [6.07, 6.45) is 0. The van der Waals surface area contributed by atoms with Crippen molar-refractivity contribution in [3.63, 3.8) is 0 Å². The van der Waals surface area contributed by atoms with Crippen molar-refractivity contribution in [1.82, 2.24) is 19.4 Å². The van der Waals surface area contributed by atoms with Crippen LogP contribution in [-0.2, 0) is 19.6 Å². The number of piperazine rings is 1. The van der Waals surface area contributed by atoms with E-state index in [4.69, 9.17) is 0 Å². The Morgan fingerprint density at radius 2 is 1.74 bits per heavy atom. The van der Waals surface area contributed by atoms with Crippen molar-refractivity contribution in [2.75, 3.05) is 52.1 Å². The van der Waals surface area contributed by atoms with Gasteiger partial charge in [-0.1, -0.05) is 6.07 Å². The van der Waals surface area contributed by atoms with E-state index >= 15 is 0 Å². The number of sulfonamides is 1. The highest BCUT2D eigenvalue weighted by atomic mass is 32.2. The highest BCUT2D eigenvalue weighted by Crippen LogP contribution is 2.18. The molecule has 1 aromatic rings. The lowest BCUT2D eigenvalue weighted by Crippen LogP contribution is -2.55. The summed E-state index contributed by atoms with van der Waals surface area (Å²) in [5, 5.41) is 5.78. The van der Waals surface area contributed by atoms with Crippen LogP contribution in [0.25, 0.3) is 0 Å². The van der Waals surface area contributed by atoms with Crippen molar-refractivity contribution in [2.24, 2.45) is 0 Å². The molecule has 0 saturated carbocycles. The first-order chi connectivity index (χ1) is 14.3. The fourth-order valence-corrected chi connectivity index (χ4v) is 4.28. The van der Waals surface area contributed by atoms with Gasteiger partial charge in [0, 0.05) is 51.5 Å². The zero-order chi connectivity index (χ0) is 23.4. The first kappa shape index (κ1) is 25.3. The molecule has 2 N–H and O–H groups in total. The number of hydrogen-bond donors (Lipinski definition) is 2. The minimum absolute atomic E-state index is 0.000648. The second-order valence-corrected chi connectivity index (χ2v) is 11.2. The molecule has 1 atom stereocenters. The van der Waals surface area contributed by atoms with Gasteiger partial charge in [0.15, 0.2) is 0 Å². The predicted molar refractivity (Wildman–Crippen MR) is 121 cm³/mol. The Labute approximate surface area is 185 Å². The van der Waals surface area contributed by atoms with Crippen LogP contribution in [0.1, 0.15) is 27.7 Å². The molecule has 2 rings (SSSR count). The van der Waals surface area contributed by atoms with Gasteiger partial charge in [0.1, 0.15) is 0 Å². The maximum absolute atomic E-state index is 12.7. The molecular weight excluding hydrogens is 418 g/mol. The van der Waals surface area contributed by atoms with Crippen LogP contribution in [0, 0.1) is 0 Å². The minimum Gasteiger partial charge on any atom is -0.350 e. The summed E-state index contributed by atoms with van der Waals surface area (Å²) in [5.74, 6) is -0.197. The van der Waals surface area contributed by atoms with E-state index in [0.29, 0.717) is 38.4 Å². The van der Waals surface area contributed by atoms with Gasteiger partial charge in [-0.25, -0.2) is 12.7 Å². The van der Waals surface area contributed by atoms with Crippen molar-refractivity contribution in [3.05, 3.63) is 24.3 Å². The van der Waals surface area contributed by atoms with E-state index in [1.54, 1.807) is 12.1 Å². The number of anilines is 1. The van der Waals surface area contributed by atoms with E-state index in [1.807, 2.05) is 27.7 Å². The molecule has 10 heteroatoms. The van der Waals surface area contributed by atoms with E-state index in [2.05, 4.69) is 20.4 Å². The van der Waals surface area contributed by atoms with E-state index in [0.717, 1.165) is 4.31 Å². The summed E-state index contributed by atoms with van der Waals surface area (Å²) in [6, 6.07) is 5.87. The average Bonchev–Trinajstić information content (AvgIpc) is 2.66. The molecule has 1 unspecified atom stereocenters. The molecule has 1 aliphatic rings. The maximum atomic E-state index is 12.7. The molecule has 0 bridgehead atoms. The second kappa shape index (κ2) is 10.1. The molecule has 1 aromatic carbocycles. The Kier molecular flexibility index (Phi) is 8.21. The first-order valence-corrected chi connectivity index (χ1v) is 11.8. The molecule has 0 aliphatic carbocycles. The number of nitrogens with one attached hydrogen (secondary N) is 2. The highest BCUT2D eigenvalue weighted by Gasteiger charge is 2.27. The zero-order valence-corrected chi connectivity index (χ0v) is 20.1. The Morgan fingerprint density at radius 1 is 1.13 bits per heavy atom. The number of amides is 2. The molecule has 1 fully saturated rings. The summed E-state index contributed by atoms with van der Waals surface area (Å²) >= 11 is 0. The van der Waals surface area contributed by atoms with Crippen LogP contribution in [0.2, 0.25) is 0 Å². The monoisotopic (exact) mass is 453 g/mol. The Hall–Kier alpha value is -2.01. The van der Waals surface area contributed by atoms with Crippen LogP contribution >= 0.6 is 0 Å². The van der Waals surface area contributed by atoms with E-state index < -0.39 is 10.0 Å². The predicted octanol–water partition coefficient (Wildman–Crippen LogP) is 0.796. The summed E-state index contributed by atoms with van der Waals surface area (Å²) in [7, 11) is -0.636. The van der Waals surface area contributed by atoms with Crippen LogP contribution in [0.15, 0.2) is 29.2 Å². The van der Waals surface area contributed by atoms with Crippen LogP contribution in [-0.4, -0.2) is 92.7 Å². The first-order valence-electron chi connectivity index (χ1n) is 10.4. The van der Waals surface area contributed by atoms with E-state index in [-0.39, 0.29) is 28.3 Å². The van der Waals surface area contributed by atoms with E-state index in [9.17, 15) is 18.0 Å². The lowest BCUT2D eigenvalue weighted by molar-refractivity contribution is -0.125. The third-order valence-corrected chi connectivity index (χ3v) is 6.91. The molecule has 1 aliphatic heterocycles. The lowest BCUT2D eigenvalue weighted by Gasteiger charge is -2.37. The standard InChI is InChI=1S/C21H35N5O4S/c1-16(26-12-10-25(11-13-26)15-19(27)23-21(2,3)4)20(28)22-17-8-7-9-18(14-17)31(29,30)24(5)6/h7-9,14,16H,10-13,15H2,1-6H3,(H,22,28)(H,23,27). The van der Waals surface area contributed by atoms with Gasteiger partial charge < -0.3 is 10.6 Å². The Balaban J connectivity index is 1.90. The van der Waals surface area contributed by atoms with Gasteiger partial charge >= 0.3 is 0 Å². The molecule has 31 heavy (non-hydrogen) atoms. The molecule has 0 aromatic heterocycles. The Morgan fingerprint density at radius 3 is 2.29 bits per heavy atom. The molecule has 9 nitrogen and oxygen atoms in total. The number of rotatable bonds is 7. The normalized spacial score (nSPS) is 17.4. The molecule has 174 valence electrons. The SMILES string of the molecule is CC(C(=O)Nc1cccc(S(=O)(=O)N(C)C)c1)N1CCN(CC(=O)NC(C)(C)C)CC1. The van der Waals surface area contributed by atoms with E-state index in [1.165, 1.54) is 26.2 Å². The van der Waals surface area contributed by atoms with Gasteiger partial charge in [-0.05, 0) is 45.9 Å². The van der Waals surface area contributed by atoms with Crippen molar-refractivity contribution in [2.45, 2.75) is 44.2 Å². The van der Waals surface area contributed by atoms with Crippen molar-refractivity contribution < 1.29 is 18.0 Å². The number of carbonyl (C=O) groups excluding carboxylic acids is 2. The highest BCUT2D eigenvalue weighted by molar-refractivity contribution is 7.89. The number of carbonyl (C=O) groups is 2. The summed E-state index contributed by atoms with van der Waals surface area (Å²) in [6.45, 7) is 10.8.